The molecule has 4 heteroatoms. The van der Waals surface area contributed by atoms with E-state index in [0.717, 1.165) is 6.04 Å². The summed E-state index contributed by atoms with van der Waals surface area (Å²) in [5, 5.41) is 4.43. The number of nitrogens with zero attached hydrogens (tertiary/aromatic N) is 1. The monoisotopic (exact) mass is 409 g/mol. The summed E-state index contributed by atoms with van der Waals surface area (Å²) in [6.45, 7) is 2.73. The number of thiophene rings is 2. The van der Waals surface area contributed by atoms with Gasteiger partial charge >= 0.3 is 0 Å². The predicted octanol–water partition coefficient (Wildman–Crippen LogP) is 2.41. The van der Waals surface area contributed by atoms with E-state index in [4.69, 9.17) is 0 Å². The van der Waals surface area contributed by atoms with E-state index in [1.807, 2.05) is 22.7 Å². The van der Waals surface area contributed by atoms with Crippen molar-refractivity contribution in [1.82, 2.24) is 0 Å². The molecule has 0 saturated carbocycles. The van der Waals surface area contributed by atoms with Gasteiger partial charge in [-0.2, -0.15) is 0 Å². The molecule has 2 unspecified atom stereocenters. The molecule has 4 rings (SSSR count). The zero-order valence-corrected chi connectivity index (χ0v) is 16.9. The molecule has 2 aliphatic heterocycles. The van der Waals surface area contributed by atoms with Crippen molar-refractivity contribution in [2.75, 3.05) is 20.1 Å². The Kier molecular flexibility index (Phi) is 5.46. The van der Waals surface area contributed by atoms with Gasteiger partial charge in [-0.05, 0) is 47.7 Å². The third kappa shape index (κ3) is 3.37. The zero-order chi connectivity index (χ0) is 15.0. The predicted molar refractivity (Wildman–Crippen MR) is 97.5 cm³/mol. The largest absolute Gasteiger partial charge is 1.00 e. The van der Waals surface area contributed by atoms with Crippen LogP contribution < -0.4 is 17.0 Å². The van der Waals surface area contributed by atoms with Crippen LogP contribution >= 0.6 is 22.7 Å². The third-order valence-corrected chi connectivity index (χ3v) is 7.41. The minimum atomic E-state index is 0. The SMILES string of the molecule is C[N+]12CCCCC1CC(=C(c1cccs1)c1cccs1)CC2.[Br-]. The summed E-state index contributed by atoms with van der Waals surface area (Å²) in [4.78, 5) is 2.92. The fraction of sp³-hybridized carbons (Fsp3) is 0.474. The van der Waals surface area contributed by atoms with E-state index in [1.165, 1.54) is 59.4 Å². The molecule has 2 atom stereocenters. The maximum Gasteiger partial charge on any atom is 0.0926 e. The summed E-state index contributed by atoms with van der Waals surface area (Å²) < 4.78 is 1.33. The zero-order valence-electron chi connectivity index (χ0n) is 13.6. The first-order valence-electron chi connectivity index (χ1n) is 8.40. The summed E-state index contributed by atoms with van der Waals surface area (Å²) in [6, 6.07) is 9.84. The summed E-state index contributed by atoms with van der Waals surface area (Å²) in [5.41, 5.74) is 3.27. The third-order valence-electron chi connectivity index (χ3n) is 5.63. The topological polar surface area (TPSA) is 0 Å². The van der Waals surface area contributed by atoms with Gasteiger partial charge in [-0.25, -0.2) is 0 Å². The molecule has 0 N–H and O–H groups in total. The maximum atomic E-state index is 2.50. The van der Waals surface area contributed by atoms with Crippen molar-refractivity contribution in [3.8, 4) is 0 Å². The molecule has 0 radical (unpaired) electrons. The van der Waals surface area contributed by atoms with Crippen LogP contribution in [-0.4, -0.2) is 30.7 Å². The number of fused-ring (bicyclic) bond motifs is 1. The summed E-state index contributed by atoms with van der Waals surface area (Å²) in [6.07, 6.45) is 6.86. The molecule has 23 heavy (non-hydrogen) atoms. The van der Waals surface area contributed by atoms with E-state index in [1.54, 1.807) is 11.1 Å². The van der Waals surface area contributed by atoms with E-state index in [-0.39, 0.29) is 17.0 Å². The number of hydrogen-bond acceptors (Lipinski definition) is 2. The van der Waals surface area contributed by atoms with E-state index < -0.39 is 0 Å². The van der Waals surface area contributed by atoms with Gasteiger partial charge in [0.05, 0.1) is 26.2 Å². The first-order valence-corrected chi connectivity index (χ1v) is 10.2. The van der Waals surface area contributed by atoms with Crippen molar-refractivity contribution in [2.24, 2.45) is 0 Å². The van der Waals surface area contributed by atoms with Crippen molar-refractivity contribution < 1.29 is 21.5 Å². The van der Waals surface area contributed by atoms with Crippen molar-refractivity contribution >= 4 is 28.2 Å². The molecule has 124 valence electrons. The number of piperidine rings is 2. The molecule has 4 heterocycles. The van der Waals surface area contributed by atoms with E-state index in [2.05, 4.69) is 42.1 Å². The van der Waals surface area contributed by atoms with Crippen molar-refractivity contribution in [2.45, 2.75) is 38.1 Å². The van der Waals surface area contributed by atoms with Crippen molar-refractivity contribution in [3.05, 3.63) is 50.4 Å². The van der Waals surface area contributed by atoms with Crippen LogP contribution in [-0.2, 0) is 0 Å². The Morgan fingerprint density at radius 2 is 1.74 bits per heavy atom. The van der Waals surface area contributed by atoms with Crippen LogP contribution in [0.5, 0.6) is 0 Å². The van der Waals surface area contributed by atoms with Crippen molar-refractivity contribution in [3.63, 3.8) is 0 Å². The van der Waals surface area contributed by atoms with E-state index in [0.29, 0.717) is 0 Å². The molecular weight excluding hydrogens is 386 g/mol. The Morgan fingerprint density at radius 1 is 1.04 bits per heavy atom. The highest BCUT2D eigenvalue weighted by Gasteiger charge is 2.40. The number of halogens is 1. The lowest BCUT2D eigenvalue weighted by Gasteiger charge is -2.48. The Hall–Kier alpha value is -0.420. The average molecular weight is 410 g/mol. The molecule has 2 fully saturated rings. The Labute approximate surface area is 158 Å². The molecule has 0 amide bonds. The molecule has 1 nitrogen and oxygen atoms in total. The van der Waals surface area contributed by atoms with Gasteiger partial charge in [0.1, 0.15) is 0 Å². The molecule has 2 aromatic rings. The number of quaternary nitrogens is 1. The van der Waals surface area contributed by atoms with Crippen LogP contribution in [0, 0.1) is 0 Å². The lowest BCUT2D eigenvalue weighted by Crippen LogP contribution is -3.00. The Bertz CT molecular complexity index is 623. The van der Waals surface area contributed by atoms with Crippen molar-refractivity contribution in [1.29, 1.82) is 0 Å². The average Bonchev–Trinajstić information content (AvgIpc) is 3.21. The summed E-state index contributed by atoms with van der Waals surface area (Å²) in [5.74, 6) is 0. The van der Waals surface area contributed by atoms with Crippen LogP contribution in [0.1, 0.15) is 41.9 Å². The molecule has 2 aliphatic rings. The second-order valence-corrected chi connectivity index (χ2v) is 8.86. The number of rotatable bonds is 2. The first kappa shape index (κ1) is 17.4. The summed E-state index contributed by atoms with van der Waals surface area (Å²) >= 11 is 3.79. The quantitative estimate of drug-likeness (QED) is 0.668. The van der Waals surface area contributed by atoms with Gasteiger partial charge < -0.3 is 21.5 Å². The van der Waals surface area contributed by atoms with Gasteiger partial charge in [-0.15, -0.1) is 22.7 Å². The second-order valence-electron chi connectivity index (χ2n) is 6.96. The smallest absolute Gasteiger partial charge is 0.0926 e. The standard InChI is InChI=1S/C19H24NS2.BrH/c1-20-10-3-2-6-16(20)14-15(9-11-20)19(17-7-4-12-21-17)18-8-5-13-22-18;/h4-5,7-8,12-13,16H,2-3,6,9-11,14H2,1H3;1H/q+1;/p-1. The molecule has 0 aliphatic carbocycles. The highest BCUT2D eigenvalue weighted by Crippen LogP contribution is 2.41. The van der Waals surface area contributed by atoms with Crippen LogP contribution in [0.3, 0.4) is 0 Å². The fourth-order valence-corrected chi connectivity index (χ4v) is 6.01. The number of hydrogen-bond donors (Lipinski definition) is 0. The highest BCUT2D eigenvalue weighted by atomic mass is 79.9. The van der Waals surface area contributed by atoms with Gasteiger partial charge in [0.15, 0.2) is 0 Å². The van der Waals surface area contributed by atoms with Gasteiger partial charge in [0.25, 0.3) is 0 Å². The minimum absolute atomic E-state index is 0. The lowest BCUT2D eigenvalue weighted by molar-refractivity contribution is -0.941. The van der Waals surface area contributed by atoms with Gasteiger partial charge in [-0.3, -0.25) is 0 Å². The van der Waals surface area contributed by atoms with Gasteiger partial charge in [0.2, 0.25) is 0 Å². The lowest BCUT2D eigenvalue weighted by atomic mass is 9.84. The van der Waals surface area contributed by atoms with Crippen LogP contribution in [0.2, 0.25) is 0 Å². The summed E-state index contributed by atoms with van der Waals surface area (Å²) in [7, 11) is 2.50. The molecule has 0 spiro atoms. The van der Waals surface area contributed by atoms with Gasteiger partial charge in [-0.1, -0.05) is 12.1 Å². The second kappa shape index (κ2) is 7.22. The first-order chi connectivity index (χ1) is 10.8. The molecule has 0 aromatic carbocycles. The van der Waals surface area contributed by atoms with Crippen LogP contribution in [0.4, 0.5) is 0 Å². The molecule has 0 bridgehead atoms. The Balaban J connectivity index is 0.00000156. The highest BCUT2D eigenvalue weighted by molar-refractivity contribution is 7.13. The van der Waals surface area contributed by atoms with E-state index >= 15 is 0 Å². The van der Waals surface area contributed by atoms with E-state index in [9.17, 15) is 0 Å². The van der Waals surface area contributed by atoms with Gasteiger partial charge in [0, 0.05) is 28.2 Å². The van der Waals surface area contributed by atoms with Crippen LogP contribution in [0.15, 0.2) is 40.6 Å². The van der Waals surface area contributed by atoms with Crippen LogP contribution in [0.25, 0.3) is 5.57 Å². The molecular formula is C19H24BrNS2. The normalized spacial score (nSPS) is 27.2. The Morgan fingerprint density at radius 3 is 2.35 bits per heavy atom. The molecule has 2 aromatic heterocycles. The minimum Gasteiger partial charge on any atom is -1.00 e. The maximum absolute atomic E-state index is 2.50. The fourth-order valence-electron chi connectivity index (χ4n) is 4.28. The molecule has 2 saturated heterocycles.